The lowest BCUT2D eigenvalue weighted by Crippen LogP contribution is -2.14. The van der Waals surface area contributed by atoms with Crippen LogP contribution in [0.5, 0.6) is 0 Å². The molecular weight excluding hydrogens is 234 g/mol. The quantitative estimate of drug-likeness (QED) is 0.792. The summed E-state index contributed by atoms with van der Waals surface area (Å²) in [6.07, 6.45) is 4.27. The first-order valence-electron chi connectivity index (χ1n) is 5.81. The molecule has 3 heteroatoms. The number of hydrogen-bond donors (Lipinski definition) is 1. The van der Waals surface area contributed by atoms with Gasteiger partial charge >= 0.3 is 0 Å². The SMILES string of the molecule is CC(C)(CS)CCc1ncc(C(C)(C)C)s1. The van der Waals surface area contributed by atoms with Crippen LogP contribution >= 0.6 is 24.0 Å². The van der Waals surface area contributed by atoms with Crippen LogP contribution in [-0.4, -0.2) is 10.7 Å². The molecule has 1 nitrogen and oxygen atoms in total. The number of rotatable bonds is 4. The van der Waals surface area contributed by atoms with E-state index < -0.39 is 0 Å². The summed E-state index contributed by atoms with van der Waals surface area (Å²) in [4.78, 5) is 5.89. The Hall–Kier alpha value is -0.0200. The summed E-state index contributed by atoms with van der Waals surface area (Å²) in [6.45, 7) is 11.2. The highest BCUT2D eigenvalue weighted by Crippen LogP contribution is 2.30. The van der Waals surface area contributed by atoms with Gasteiger partial charge < -0.3 is 0 Å². The highest BCUT2D eigenvalue weighted by molar-refractivity contribution is 7.80. The molecule has 0 amide bonds. The molecule has 0 unspecified atom stereocenters. The van der Waals surface area contributed by atoms with Crippen LogP contribution in [-0.2, 0) is 11.8 Å². The van der Waals surface area contributed by atoms with Crippen LogP contribution in [0.1, 0.15) is 50.9 Å². The van der Waals surface area contributed by atoms with Gasteiger partial charge in [-0.1, -0.05) is 34.6 Å². The second kappa shape index (κ2) is 5.09. The van der Waals surface area contributed by atoms with Crippen molar-refractivity contribution in [1.29, 1.82) is 0 Å². The van der Waals surface area contributed by atoms with Crippen molar-refractivity contribution in [3.8, 4) is 0 Å². The summed E-state index contributed by atoms with van der Waals surface area (Å²) in [5.74, 6) is 0.935. The summed E-state index contributed by atoms with van der Waals surface area (Å²) in [5, 5.41) is 1.26. The Kier molecular flexibility index (Phi) is 4.47. The number of thiol groups is 1. The van der Waals surface area contributed by atoms with Crippen LogP contribution in [0.2, 0.25) is 0 Å². The van der Waals surface area contributed by atoms with Gasteiger partial charge in [-0.3, -0.25) is 0 Å². The van der Waals surface area contributed by atoms with Gasteiger partial charge in [0.25, 0.3) is 0 Å². The number of thiazole rings is 1. The average Bonchev–Trinajstić information content (AvgIpc) is 2.63. The number of hydrogen-bond acceptors (Lipinski definition) is 3. The van der Waals surface area contributed by atoms with E-state index in [1.165, 1.54) is 9.88 Å². The highest BCUT2D eigenvalue weighted by atomic mass is 32.1. The fourth-order valence-electron chi connectivity index (χ4n) is 1.30. The molecule has 0 aliphatic carbocycles. The Morgan fingerprint density at radius 1 is 1.25 bits per heavy atom. The molecule has 0 aromatic carbocycles. The van der Waals surface area contributed by atoms with Gasteiger partial charge in [0.1, 0.15) is 0 Å². The lowest BCUT2D eigenvalue weighted by molar-refractivity contribution is 0.388. The Morgan fingerprint density at radius 2 is 1.88 bits per heavy atom. The first kappa shape index (κ1) is 14.0. The molecule has 1 heterocycles. The Labute approximate surface area is 109 Å². The van der Waals surface area contributed by atoms with Crippen molar-refractivity contribution in [2.24, 2.45) is 5.41 Å². The largest absolute Gasteiger partial charge is 0.249 e. The summed E-state index contributed by atoms with van der Waals surface area (Å²) < 4.78 is 0. The van der Waals surface area contributed by atoms with Gasteiger partial charge in [-0.05, 0) is 29.4 Å². The minimum absolute atomic E-state index is 0.231. The van der Waals surface area contributed by atoms with E-state index in [9.17, 15) is 0 Å². The Morgan fingerprint density at radius 3 is 2.31 bits per heavy atom. The molecule has 1 aromatic heterocycles. The van der Waals surface area contributed by atoms with Crippen LogP contribution in [0, 0.1) is 5.41 Å². The molecule has 1 rings (SSSR count). The van der Waals surface area contributed by atoms with Crippen molar-refractivity contribution in [3.05, 3.63) is 16.1 Å². The monoisotopic (exact) mass is 257 g/mol. The minimum Gasteiger partial charge on any atom is -0.249 e. The third kappa shape index (κ3) is 4.10. The topological polar surface area (TPSA) is 12.9 Å². The smallest absolute Gasteiger partial charge is 0.0928 e. The fourth-order valence-corrected chi connectivity index (χ4v) is 2.43. The summed E-state index contributed by atoms with van der Waals surface area (Å²) in [7, 11) is 0. The normalized spacial score (nSPS) is 13.1. The molecule has 0 radical (unpaired) electrons. The predicted octanol–water partition coefficient (Wildman–Crippen LogP) is 4.33. The molecule has 1 aromatic rings. The average molecular weight is 257 g/mol. The molecule has 16 heavy (non-hydrogen) atoms. The molecule has 0 saturated heterocycles. The number of aromatic nitrogens is 1. The lowest BCUT2D eigenvalue weighted by Gasteiger charge is -2.20. The molecule has 0 fully saturated rings. The van der Waals surface area contributed by atoms with Crippen LogP contribution in [0.25, 0.3) is 0 Å². The van der Waals surface area contributed by atoms with Crippen molar-refractivity contribution < 1.29 is 0 Å². The van der Waals surface area contributed by atoms with Gasteiger partial charge in [-0.2, -0.15) is 12.6 Å². The van der Waals surface area contributed by atoms with Crippen molar-refractivity contribution >= 4 is 24.0 Å². The maximum atomic E-state index is 4.51. The van der Waals surface area contributed by atoms with Gasteiger partial charge in [0, 0.05) is 11.1 Å². The molecule has 0 N–H and O–H groups in total. The van der Waals surface area contributed by atoms with Crippen molar-refractivity contribution in [2.75, 3.05) is 5.75 Å². The molecule has 0 aliphatic rings. The summed E-state index contributed by atoms with van der Waals surface area (Å²) >= 11 is 6.24. The second-order valence-corrected chi connectivity index (χ2v) is 7.62. The Balaban J connectivity index is 2.60. The van der Waals surface area contributed by atoms with Crippen molar-refractivity contribution in [3.63, 3.8) is 0 Å². The molecule has 0 bridgehead atoms. The third-order valence-electron chi connectivity index (χ3n) is 2.74. The number of aryl methyl sites for hydroxylation is 1. The van der Waals surface area contributed by atoms with Crippen molar-refractivity contribution in [2.45, 2.75) is 52.9 Å². The van der Waals surface area contributed by atoms with E-state index in [0.29, 0.717) is 5.41 Å². The minimum atomic E-state index is 0.231. The predicted molar refractivity (Wildman–Crippen MR) is 76.8 cm³/mol. The molecule has 92 valence electrons. The molecule has 0 spiro atoms. The highest BCUT2D eigenvalue weighted by Gasteiger charge is 2.19. The van der Waals surface area contributed by atoms with Gasteiger partial charge in [0.15, 0.2) is 0 Å². The zero-order valence-corrected chi connectivity index (χ0v) is 12.7. The van der Waals surface area contributed by atoms with Crippen molar-refractivity contribution in [1.82, 2.24) is 4.98 Å². The first-order chi connectivity index (χ1) is 7.24. The van der Waals surface area contributed by atoms with E-state index in [1.807, 2.05) is 17.5 Å². The van der Waals surface area contributed by atoms with Gasteiger partial charge in [0.2, 0.25) is 0 Å². The standard InChI is InChI=1S/C13H23NS2/c1-12(2,3)10-8-14-11(16-10)6-7-13(4,5)9-15/h8,15H,6-7,9H2,1-5H3. The van der Waals surface area contributed by atoms with Gasteiger partial charge in [-0.15, -0.1) is 11.3 Å². The zero-order valence-electron chi connectivity index (χ0n) is 11.0. The van der Waals surface area contributed by atoms with E-state index in [-0.39, 0.29) is 5.41 Å². The zero-order chi connectivity index (χ0) is 12.4. The van der Waals surface area contributed by atoms with E-state index in [4.69, 9.17) is 0 Å². The summed E-state index contributed by atoms with van der Waals surface area (Å²) in [5.41, 5.74) is 0.547. The molecule has 0 atom stereocenters. The first-order valence-corrected chi connectivity index (χ1v) is 7.25. The van der Waals surface area contributed by atoms with Crippen LogP contribution < -0.4 is 0 Å². The fraction of sp³-hybridized carbons (Fsp3) is 0.769. The molecule has 0 aliphatic heterocycles. The van der Waals surface area contributed by atoms with Crippen LogP contribution in [0.15, 0.2) is 6.20 Å². The second-order valence-electron chi connectivity index (χ2n) is 6.19. The summed E-state index contributed by atoms with van der Waals surface area (Å²) in [6, 6.07) is 0. The van der Waals surface area contributed by atoms with E-state index in [2.05, 4.69) is 52.2 Å². The third-order valence-corrected chi connectivity index (χ3v) is 5.08. The van der Waals surface area contributed by atoms with E-state index >= 15 is 0 Å². The van der Waals surface area contributed by atoms with Crippen LogP contribution in [0.4, 0.5) is 0 Å². The maximum absolute atomic E-state index is 4.51. The Bertz CT molecular complexity index is 334. The number of nitrogens with zero attached hydrogens (tertiary/aromatic N) is 1. The van der Waals surface area contributed by atoms with E-state index in [1.54, 1.807) is 0 Å². The van der Waals surface area contributed by atoms with Gasteiger partial charge in [0.05, 0.1) is 5.01 Å². The van der Waals surface area contributed by atoms with Crippen LogP contribution in [0.3, 0.4) is 0 Å². The van der Waals surface area contributed by atoms with E-state index in [0.717, 1.165) is 18.6 Å². The lowest BCUT2D eigenvalue weighted by atomic mass is 9.90. The van der Waals surface area contributed by atoms with Gasteiger partial charge in [-0.25, -0.2) is 4.98 Å². The molecule has 0 saturated carbocycles. The maximum Gasteiger partial charge on any atom is 0.0928 e. The molecular formula is C13H23NS2.